The van der Waals surface area contributed by atoms with Crippen molar-refractivity contribution in [3.8, 4) is 0 Å². The highest BCUT2D eigenvalue weighted by Gasteiger charge is 1.99. The molecule has 0 saturated carbocycles. The van der Waals surface area contributed by atoms with E-state index in [1.165, 1.54) is 11.3 Å². The van der Waals surface area contributed by atoms with Gasteiger partial charge in [-0.25, -0.2) is 4.79 Å². The summed E-state index contributed by atoms with van der Waals surface area (Å²) in [6.45, 7) is 0. The SMILES string of the molecule is I.O=C(O)c1cccs1. The van der Waals surface area contributed by atoms with Gasteiger partial charge >= 0.3 is 5.97 Å². The molecule has 0 fully saturated rings. The van der Waals surface area contributed by atoms with Gasteiger partial charge in [0, 0.05) is 0 Å². The first-order valence-electron chi connectivity index (χ1n) is 2.07. The largest absolute Gasteiger partial charge is 0.477 e. The first-order valence-corrected chi connectivity index (χ1v) is 2.95. The number of aromatic carboxylic acids is 1. The second kappa shape index (κ2) is 3.84. The Labute approximate surface area is 73.5 Å². The van der Waals surface area contributed by atoms with Crippen LogP contribution in [0.5, 0.6) is 0 Å². The van der Waals surface area contributed by atoms with Crippen LogP contribution in [-0.2, 0) is 0 Å². The number of carboxylic acids is 1. The lowest BCUT2D eigenvalue weighted by molar-refractivity contribution is 0.0702. The molecule has 1 N–H and O–H groups in total. The van der Waals surface area contributed by atoms with Gasteiger partial charge in [-0.15, -0.1) is 35.3 Å². The van der Waals surface area contributed by atoms with Crippen molar-refractivity contribution in [1.29, 1.82) is 0 Å². The maximum atomic E-state index is 10.1. The predicted molar refractivity (Wildman–Crippen MR) is 46.7 cm³/mol. The highest BCUT2D eigenvalue weighted by molar-refractivity contribution is 14.0. The minimum atomic E-state index is -0.847. The van der Waals surface area contributed by atoms with Gasteiger partial charge in [-0.3, -0.25) is 0 Å². The van der Waals surface area contributed by atoms with Crippen LogP contribution in [-0.4, -0.2) is 11.1 Å². The molecule has 1 heterocycles. The average Bonchev–Trinajstić information content (AvgIpc) is 2.12. The molecular weight excluding hydrogens is 251 g/mol. The van der Waals surface area contributed by atoms with Crippen LogP contribution in [0.15, 0.2) is 17.5 Å². The fourth-order valence-corrected chi connectivity index (χ4v) is 0.962. The number of carbonyl (C=O) groups is 1. The molecule has 1 rings (SSSR count). The van der Waals surface area contributed by atoms with E-state index in [0.29, 0.717) is 4.88 Å². The molecule has 0 atom stereocenters. The van der Waals surface area contributed by atoms with Gasteiger partial charge in [0.2, 0.25) is 0 Å². The molecule has 0 spiro atoms. The quantitative estimate of drug-likeness (QED) is 0.781. The summed E-state index contributed by atoms with van der Waals surface area (Å²) in [5.74, 6) is -0.847. The van der Waals surface area contributed by atoms with E-state index in [-0.39, 0.29) is 24.0 Å². The summed E-state index contributed by atoms with van der Waals surface area (Å²) in [4.78, 5) is 10.5. The Kier molecular flexibility index (Phi) is 3.79. The van der Waals surface area contributed by atoms with Gasteiger partial charge in [0.1, 0.15) is 4.88 Å². The van der Waals surface area contributed by atoms with Crippen LogP contribution >= 0.6 is 35.3 Å². The standard InChI is InChI=1S/C5H4O2S.HI/c6-5(7)4-2-1-3-8-4;/h1-3H,(H,6,7);1H. The maximum Gasteiger partial charge on any atom is 0.345 e. The minimum absolute atomic E-state index is 0. The van der Waals surface area contributed by atoms with Gasteiger partial charge < -0.3 is 5.11 Å². The molecular formula is C5H5IO2S. The summed E-state index contributed by atoms with van der Waals surface area (Å²) in [5.41, 5.74) is 0. The first kappa shape index (κ1) is 8.90. The van der Waals surface area contributed by atoms with Crippen LogP contribution in [0.2, 0.25) is 0 Å². The van der Waals surface area contributed by atoms with Gasteiger partial charge in [0.25, 0.3) is 0 Å². The molecule has 1 aromatic rings. The Hall–Kier alpha value is -0.100. The van der Waals surface area contributed by atoms with Crippen molar-refractivity contribution in [3.05, 3.63) is 22.4 Å². The van der Waals surface area contributed by atoms with Gasteiger partial charge in [-0.05, 0) is 11.4 Å². The lowest BCUT2D eigenvalue weighted by Crippen LogP contribution is -1.89. The summed E-state index contributed by atoms with van der Waals surface area (Å²) in [7, 11) is 0. The highest BCUT2D eigenvalue weighted by Crippen LogP contribution is 2.06. The fraction of sp³-hybridized carbons (Fsp3) is 0. The Bertz CT molecular complexity index is 183. The molecule has 0 unspecified atom stereocenters. The second-order valence-corrected chi connectivity index (χ2v) is 2.23. The summed E-state index contributed by atoms with van der Waals surface area (Å²) in [5, 5.41) is 10.0. The topological polar surface area (TPSA) is 37.3 Å². The Morgan fingerprint density at radius 3 is 2.56 bits per heavy atom. The third kappa shape index (κ3) is 2.31. The van der Waals surface area contributed by atoms with Crippen molar-refractivity contribution < 1.29 is 9.90 Å². The molecule has 0 aliphatic carbocycles. The smallest absolute Gasteiger partial charge is 0.345 e. The van der Waals surface area contributed by atoms with Gasteiger partial charge in [-0.1, -0.05) is 6.07 Å². The zero-order chi connectivity index (χ0) is 5.98. The Balaban J connectivity index is 0.000000640. The Morgan fingerprint density at radius 2 is 2.33 bits per heavy atom. The van der Waals surface area contributed by atoms with E-state index in [2.05, 4.69) is 0 Å². The average molecular weight is 256 g/mol. The van der Waals surface area contributed by atoms with Gasteiger partial charge in [-0.2, -0.15) is 0 Å². The summed E-state index contributed by atoms with van der Waals surface area (Å²) < 4.78 is 0. The molecule has 4 heteroatoms. The monoisotopic (exact) mass is 256 g/mol. The van der Waals surface area contributed by atoms with Crippen LogP contribution in [0.1, 0.15) is 9.67 Å². The van der Waals surface area contributed by atoms with E-state index < -0.39 is 5.97 Å². The number of rotatable bonds is 1. The van der Waals surface area contributed by atoms with Crippen molar-refractivity contribution in [1.82, 2.24) is 0 Å². The normalized spacial score (nSPS) is 8.00. The van der Waals surface area contributed by atoms with E-state index in [0.717, 1.165) is 0 Å². The first-order chi connectivity index (χ1) is 3.80. The summed E-state index contributed by atoms with van der Waals surface area (Å²) in [6, 6.07) is 3.29. The lowest BCUT2D eigenvalue weighted by atomic mass is 10.5. The molecule has 1 aromatic heterocycles. The van der Waals surface area contributed by atoms with Crippen LogP contribution in [0.25, 0.3) is 0 Å². The van der Waals surface area contributed by atoms with E-state index >= 15 is 0 Å². The second-order valence-electron chi connectivity index (χ2n) is 1.28. The molecule has 0 aromatic carbocycles. The van der Waals surface area contributed by atoms with E-state index in [1.807, 2.05) is 0 Å². The Morgan fingerprint density at radius 1 is 1.67 bits per heavy atom. The molecule has 9 heavy (non-hydrogen) atoms. The molecule has 0 aliphatic heterocycles. The fourth-order valence-electron chi connectivity index (χ4n) is 0.400. The minimum Gasteiger partial charge on any atom is -0.477 e. The van der Waals surface area contributed by atoms with Crippen molar-refractivity contribution in [2.45, 2.75) is 0 Å². The van der Waals surface area contributed by atoms with Crippen LogP contribution in [0, 0.1) is 0 Å². The lowest BCUT2D eigenvalue weighted by Gasteiger charge is -1.78. The van der Waals surface area contributed by atoms with E-state index in [4.69, 9.17) is 5.11 Å². The third-order valence-electron chi connectivity index (χ3n) is 0.732. The predicted octanol–water partition coefficient (Wildman–Crippen LogP) is 2.06. The molecule has 0 aliphatic rings. The van der Waals surface area contributed by atoms with Crippen LogP contribution in [0.3, 0.4) is 0 Å². The van der Waals surface area contributed by atoms with Crippen LogP contribution < -0.4 is 0 Å². The zero-order valence-electron chi connectivity index (χ0n) is 4.40. The summed E-state index contributed by atoms with van der Waals surface area (Å²) in [6.07, 6.45) is 0. The van der Waals surface area contributed by atoms with E-state index in [1.54, 1.807) is 17.5 Å². The molecule has 0 amide bonds. The highest BCUT2D eigenvalue weighted by atomic mass is 127. The van der Waals surface area contributed by atoms with Gasteiger partial charge in [0.15, 0.2) is 0 Å². The maximum absolute atomic E-state index is 10.1. The van der Waals surface area contributed by atoms with Crippen molar-refractivity contribution in [2.75, 3.05) is 0 Å². The molecule has 50 valence electrons. The number of carboxylic acid groups (broad SMARTS) is 1. The van der Waals surface area contributed by atoms with Crippen molar-refractivity contribution in [2.24, 2.45) is 0 Å². The molecule has 2 nitrogen and oxygen atoms in total. The van der Waals surface area contributed by atoms with E-state index in [9.17, 15) is 4.79 Å². The third-order valence-corrected chi connectivity index (χ3v) is 1.59. The number of halogens is 1. The zero-order valence-corrected chi connectivity index (χ0v) is 7.55. The number of hydrogen-bond acceptors (Lipinski definition) is 2. The molecule has 0 radical (unpaired) electrons. The number of hydrogen-bond donors (Lipinski definition) is 1. The van der Waals surface area contributed by atoms with Crippen molar-refractivity contribution >= 4 is 41.3 Å². The number of thiophene rings is 1. The van der Waals surface area contributed by atoms with Crippen LogP contribution in [0.4, 0.5) is 0 Å². The molecule has 0 bridgehead atoms. The van der Waals surface area contributed by atoms with Crippen molar-refractivity contribution in [3.63, 3.8) is 0 Å². The molecule has 0 saturated heterocycles. The van der Waals surface area contributed by atoms with Gasteiger partial charge in [0.05, 0.1) is 0 Å². The summed E-state index contributed by atoms with van der Waals surface area (Å²) >= 11 is 1.23.